The van der Waals surface area contributed by atoms with Crippen molar-refractivity contribution in [2.45, 2.75) is 19.3 Å². The quantitative estimate of drug-likeness (QED) is 0.908. The lowest BCUT2D eigenvalue weighted by Gasteiger charge is -2.30. The Morgan fingerprint density at radius 2 is 2.20 bits per heavy atom. The van der Waals surface area contributed by atoms with E-state index in [-0.39, 0.29) is 5.92 Å². The van der Waals surface area contributed by atoms with Gasteiger partial charge in [0, 0.05) is 13.1 Å². The van der Waals surface area contributed by atoms with E-state index >= 15 is 0 Å². The minimum Gasteiger partial charge on any atom is -0.481 e. The van der Waals surface area contributed by atoms with Crippen LogP contribution in [-0.4, -0.2) is 42.4 Å². The van der Waals surface area contributed by atoms with Crippen molar-refractivity contribution in [2.75, 3.05) is 26.4 Å². The summed E-state index contributed by atoms with van der Waals surface area (Å²) in [5, 5.41) is 9.09. The number of likely N-dealkylation sites (tertiary alicyclic amines) is 1. The van der Waals surface area contributed by atoms with E-state index in [4.69, 9.17) is 14.6 Å². The van der Waals surface area contributed by atoms with Gasteiger partial charge in [0.15, 0.2) is 11.5 Å². The summed E-state index contributed by atoms with van der Waals surface area (Å²) in [7, 11) is 0. The molecule has 5 heteroatoms. The van der Waals surface area contributed by atoms with Crippen LogP contribution < -0.4 is 9.47 Å². The number of nitrogens with zero attached hydrogens (tertiary/aromatic N) is 1. The van der Waals surface area contributed by atoms with Gasteiger partial charge in [0.25, 0.3) is 0 Å². The number of hydrogen-bond acceptors (Lipinski definition) is 4. The average Bonchev–Trinajstić information content (AvgIpc) is 2.93. The number of piperidine rings is 1. The third-order valence-electron chi connectivity index (χ3n) is 4.01. The fourth-order valence-electron chi connectivity index (χ4n) is 2.84. The number of ether oxygens (including phenoxy) is 2. The van der Waals surface area contributed by atoms with Gasteiger partial charge in [-0.2, -0.15) is 0 Å². The molecule has 0 radical (unpaired) electrons. The molecular formula is C15H19NO4. The number of carboxylic acid groups (broad SMARTS) is 1. The summed E-state index contributed by atoms with van der Waals surface area (Å²) in [5.41, 5.74) is 1.20. The van der Waals surface area contributed by atoms with Crippen LogP contribution in [0.2, 0.25) is 0 Å². The maximum atomic E-state index is 11.0. The Morgan fingerprint density at radius 1 is 1.35 bits per heavy atom. The second-order valence-corrected chi connectivity index (χ2v) is 5.42. The Bertz CT molecular complexity index is 503. The second kappa shape index (κ2) is 5.71. The minimum atomic E-state index is -0.669. The lowest BCUT2D eigenvalue weighted by atomic mass is 9.98. The van der Waals surface area contributed by atoms with Gasteiger partial charge in [-0.1, -0.05) is 6.07 Å². The van der Waals surface area contributed by atoms with Crippen molar-refractivity contribution in [1.82, 2.24) is 4.90 Å². The van der Waals surface area contributed by atoms with E-state index in [0.29, 0.717) is 13.3 Å². The number of rotatable bonds is 4. The normalized spacial score (nSPS) is 21.9. The second-order valence-electron chi connectivity index (χ2n) is 5.42. The van der Waals surface area contributed by atoms with Crippen molar-refractivity contribution in [2.24, 2.45) is 5.92 Å². The molecule has 0 aromatic heterocycles. The van der Waals surface area contributed by atoms with E-state index in [1.165, 1.54) is 5.56 Å². The fraction of sp³-hybridized carbons (Fsp3) is 0.533. The highest BCUT2D eigenvalue weighted by atomic mass is 16.7. The first-order valence-corrected chi connectivity index (χ1v) is 7.06. The molecule has 0 bridgehead atoms. The molecule has 0 amide bonds. The molecule has 1 saturated heterocycles. The lowest BCUT2D eigenvalue weighted by Crippen LogP contribution is -2.39. The minimum absolute atomic E-state index is 0.208. The van der Waals surface area contributed by atoms with Gasteiger partial charge in [-0.3, -0.25) is 4.79 Å². The van der Waals surface area contributed by atoms with E-state index in [9.17, 15) is 4.79 Å². The zero-order valence-electron chi connectivity index (χ0n) is 11.4. The zero-order chi connectivity index (χ0) is 13.9. The lowest BCUT2D eigenvalue weighted by molar-refractivity contribution is -0.143. The molecule has 1 aromatic carbocycles. The van der Waals surface area contributed by atoms with Crippen LogP contribution in [0.25, 0.3) is 0 Å². The number of aliphatic carboxylic acids is 1. The molecule has 20 heavy (non-hydrogen) atoms. The predicted molar refractivity (Wildman–Crippen MR) is 73.1 cm³/mol. The highest BCUT2D eigenvalue weighted by Crippen LogP contribution is 2.32. The Hall–Kier alpha value is -1.75. The van der Waals surface area contributed by atoms with Crippen LogP contribution in [0.4, 0.5) is 0 Å². The number of carboxylic acids is 1. The van der Waals surface area contributed by atoms with Crippen molar-refractivity contribution in [3.05, 3.63) is 23.8 Å². The van der Waals surface area contributed by atoms with Crippen LogP contribution in [0.5, 0.6) is 11.5 Å². The first-order valence-electron chi connectivity index (χ1n) is 7.06. The summed E-state index contributed by atoms with van der Waals surface area (Å²) in [6, 6.07) is 6.00. The highest BCUT2D eigenvalue weighted by Gasteiger charge is 2.25. The van der Waals surface area contributed by atoms with Crippen LogP contribution >= 0.6 is 0 Å². The summed E-state index contributed by atoms with van der Waals surface area (Å²) in [5.74, 6) is 0.737. The van der Waals surface area contributed by atoms with Crippen molar-refractivity contribution in [3.63, 3.8) is 0 Å². The van der Waals surface area contributed by atoms with Gasteiger partial charge in [0.05, 0.1) is 5.92 Å². The number of fused-ring (bicyclic) bond motifs is 1. The van der Waals surface area contributed by atoms with Gasteiger partial charge < -0.3 is 19.5 Å². The molecular weight excluding hydrogens is 258 g/mol. The summed E-state index contributed by atoms with van der Waals surface area (Å²) < 4.78 is 10.7. The molecule has 108 valence electrons. The molecule has 5 nitrogen and oxygen atoms in total. The largest absolute Gasteiger partial charge is 0.481 e. The van der Waals surface area contributed by atoms with Crippen LogP contribution in [0, 0.1) is 5.92 Å². The molecule has 0 saturated carbocycles. The van der Waals surface area contributed by atoms with Gasteiger partial charge >= 0.3 is 5.97 Å². The standard InChI is InChI=1S/C15H19NO4/c17-15(18)12-2-1-6-16(9-12)7-5-11-3-4-13-14(8-11)20-10-19-13/h3-4,8,12H,1-2,5-7,9-10H2,(H,17,18). The van der Waals surface area contributed by atoms with Crippen molar-refractivity contribution < 1.29 is 19.4 Å². The fourth-order valence-corrected chi connectivity index (χ4v) is 2.84. The molecule has 2 heterocycles. The zero-order valence-corrected chi connectivity index (χ0v) is 11.4. The molecule has 0 spiro atoms. The van der Waals surface area contributed by atoms with E-state index in [1.807, 2.05) is 18.2 Å². The first kappa shape index (κ1) is 13.2. The van der Waals surface area contributed by atoms with Gasteiger partial charge in [0.1, 0.15) is 0 Å². The maximum Gasteiger partial charge on any atom is 0.307 e. The third kappa shape index (κ3) is 2.88. The topological polar surface area (TPSA) is 59.0 Å². The van der Waals surface area contributed by atoms with Crippen LogP contribution in [0.1, 0.15) is 18.4 Å². The van der Waals surface area contributed by atoms with Gasteiger partial charge in [0.2, 0.25) is 6.79 Å². The molecule has 0 aliphatic carbocycles. The van der Waals surface area contributed by atoms with E-state index in [2.05, 4.69) is 4.90 Å². The van der Waals surface area contributed by atoms with Crippen molar-refractivity contribution >= 4 is 5.97 Å². The Balaban J connectivity index is 1.55. The molecule has 1 atom stereocenters. The van der Waals surface area contributed by atoms with Crippen LogP contribution in [-0.2, 0) is 11.2 Å². The smallest absolute Gasteiger partial charge is 0.307 e. The molecule has 1 N–H and O–H groups in total. The van der Waals surface area contributed by atoms with Crippen LogP contribution in [0.3, 0.4) is 0 Å². The molecule has 1 unspecified atom stereocenters. The molecule has 2 aliphatic heterocycles. The van der Waals surface area contributed by atoms with Gasteiger partial charge in [-0.05, 0) is 43.5 Å². The average molecular weight is 277 g/mol. The monoisotopic (exact) mass is 277 g/mol. The van der Waals surface area contributed by atoms with Gasteiger partial charge in [-0.25, -0.2) is 0 Å². The molecule has 2 aliphatic rings. The molecule has 3 rings (SSSR count). The third-order valence-corrected chi connectivity index (χ3v) is 4.01. The number of carbonyl (C=O) groups is 1. The highest BCUT2D eigenvalue weighted by molar-refractivity contribution is 5.70. The first-order chi connectivity index (χ1) is 9.72. The SMILES string of the molecule is O=C(O)C1CCCN(CCc2ccc3c(c2)OCO3)C1. The predicted octanol–water partition coefficient (Wildman–Crippen LogP) is 1.75. The Kier molecular flexibility index (Phi) is 3.78. The Morgan fingerprint density at radius 3 is 3.05 bits per heavy atom. The molecule has 1 aromatic rings. The number of hydrogen-bond donors (Lipinski definition) is 1. The summed E-state index contributed by atoms with van der Waals surface area (Å²) in [6.07, 6.45) is 2.68. The number of benzene rings is 1. The van der Waals surface area contributed by atoms with E-state index in [1.54, 1.807) is 0 Å². The summed E-state index contributed by atoms with van der Waals surface area (Å²) in [4.78, 5) is 13.3. The molecule has 1 fully saturated rings. The Labute approximate surface area is 118 Å². The maximum absolute atomic E-state index is 11.0. The van der Waals surface area contributed by atoms with E-state index < -0.39 is 5.97 Å². The van der Waals surface area contributed by atoms with Crippen molar-refractivity contribution in [1.29, 1.82) is 0 Å². The summed E-state index contributed by atoms with van der Waals surface area (Å²) >= 11 is 0. The van der Waals surface area contributed by atoms with Crippen LogP contribution in [0.15, 0.2) is 18.2 Å². The van der Waals surface area contributed by atoms with E-state index in [0.717, 1.165) is 43.9 Å². The van der Waals surface area contributed by atoms with Gasteiger partial charge in [-0.15, -0.1) is 0 Å². The van der Waals surface area contributed by atoms with Crippen molar-refractivity contribution in [3.8, 4) is 11.5 Å². The summed E-state index contributed by atoms with van der Waals surface area (Å²) in [6.45, 7) is 2.85.